The Morgan fingerprint density at radius 3 is 2.72 bits per heavy atom. The van der Waals surface area contributed by atoms with Crippen LogP contribution in [0.1, 0.15) is 25.3 Å². The van der Waals surface area contributed by atoms with Crippen LogP contribution in [0, 0.1) is 0 Å². The van der Waals surface area contributed by atoms with Crippen molar-refractivity contribution in [3.8, 4) is 5.75 Å². The molecule has 1 saturated heterocycles. The third-order valence-corrected chi connectivity index (χ3v) is 3.90. The van der Waals surface area contributed by atoms with Crippen molar-refractivity contribution in [1.29, 1.82) is 0 Å². The van der Waals surface area contributed by atoms with E-state index >= 15 is 0 Å². The molecule has 96 valence electrons. The van der Waals surface area contributed by atoms with E-state index in [9.17, 15) is 5.11 Å². The molecule has 1 aliphatic heterocycles. The Labute approximate surface area is 108 Å². The molecule has 2 heterocycles. The summed E-state index contributed by atoms with van der Waals surface area (Å²) >= 11 is 0. The molecule has 3 nitrogen and oxygen atoms in total. The van der Waals surface area contributed by atoms with Crippen molar-refractivity contribution >= 4 is 10.9 Å². The number of aryl methyl sites for hydroxylation is 1. The molecule has 0 atom stereocenters. The molecule has 1 N–H and O–H groups in total. The predicted molar refractivity (Wildman–Crippen MR) is 73.8 cm³/mol. The minimum Gasteiger partial charge on any atom is -0.507 e. The monoisotopic (exact) mass is 244 g/mol. The standard InChI is InChI=1S/C15H20N2O/c1-2-17-11-12(10-16-8-3-4-9-16)15-13(17)6-5-7-14(15)18/h5-7,11,18H,2-4,8-10H2,1H3. The molecule has 2 aromatic rings. The average Bonchev–Trinajstić information content (AvgIpc) is 2.98. The minimum atomic E-state index is 0.411. The normalized spacial score (nSPS) is 16.7. The lowest BCUT2D eigenvalue weighted by molar-refractivity contribution is 0.332. The van der Waals surface area contributed by atoms with Crippen molar-refractivity contribution in [1.82, 2.24) is 9.47 Å². The number of aromatic hydroxyl groups is 1. The zero-order chi connectivity index (χ0) is 12.5. The second kappa shape index (κ2) is 4.65. The summed E-state index contributed by atoms with van der Waals surface area (Å²) < 4.78 is 2.22. The maximum Gasteiger partial charge on any atom is 0.125 e. The summed E-state index contributed by atoms with van der Waals surface area (Å²) in [5.74, 6) is 0.411. The van der Waals surface area contributed by atoms with Gasteiger partial charge < -0.3 is 9.67 Å². The van der Waals surface area contributed by atoms with Gasteiger partial charge in [0.2, 0.25) is 0 Å². The number of benzene rings is 1. The van der Waals surface area contributed by atoms with Gasteiger partial charge in [-0.05, 0) is 50.6 Å². The molecule has 1 aromatic heterocycles. The number of aromatic nitrogens is 1. The first-order chi connectivity index (χ1) is 8.79. The van der Waals surface area contributed by atoms with Crippen LogP contribution in [0.3, 0.4) is 0 Å². The highest BCUT2D eigenvalue weighted by atomic mass is 16.3. The highest BCUT2D eigenvalue weighted by Crippen LogP contribution is 2.31. The number of rotatable bonds is 3. The van der Waals surface area contributed by atoms with Gasteiger partial charge in [0.15, 0.2) is 0 Å². The molecule has 0 radical (unpaired) electrons. The van der Waals surface area contributed by atoms with Gasteiger partial charge in [0.05, 0.1) is 5.52 Å². The third-order valence-electron chi connectivity index (χ3n) is 3.90. The summed E-state index contributed by atoms with van der Waals surface area (Å²) in [6.07, 6.45) is 4.81. The molecular weight excluding hydrogens is 224 g/mol. The summed E-state index contributed by atoms with van der Waals surface area (Å²) in [7, 11) is 0. The number of phenols is 1. The Bertz CT molecular complexity index is 553. The maximum absolute atomic E-state index is 10.1. The van der Waals surface area contributed by atoms with Crippen molar-refractivity contribution in [2.24, 2.45) is 0 Å². The highest BCUT2D eigenvalue weighted by Gasteiger charge is 2.16. The fraction of sp³-hybridized carbons (Fsp3) is 0.467. The summed E-state index contributed by atoms with van der Waals surface area (Å²) in [4.78, 5) is 2.47. The van der Waals surface area contributed by atoms with Gasteiger partial charge in [0.1, 0.15) is 5.75 Å². The van der Waals surface area contributed by atoms with Gasteiger partial charge >= 0.3 is 0 Å². The topological polar surface area (TPSA) is 28.4 Å². The largest absolute Gasteiger partial charge is 0.507 e. The molecule has 0 amide bonds. The van der Waals surface area contributed by atoms with Gasteiger partial charge in [-0.1, -0.05) is 6.07 Å². The van der Waals surface area contributed by atoms with E-state index in [1.807, 2.05) is 6.07 Å². The van der Waals surface area contributed by atoms with Crippen LogP contribution in [0.15, 0.2) is 24.4 Å². The van der Waals surface area contributed by atoms with Gasteiger partial charge in [0, 0.05) is 24.7 Å². The quantitative estimate of drug-likeness (QED) is 0.899. The smallest absolute Gasteiger partial charge is 0.125 e. The number of hydrogen-bond acceptors (Lipinski definition) is 2. The van der Waals surface area contributed by atoms with Gasteiger partial charge in [0.25, 0.3) is 0 Å². The van der Waals surface area contributed by atoms with Crippen LogP contribution < -0.4 is 0 Å². The van der Waals surface area contributed by atoms with Crippen molar-refractivity contribution in [2.75, 3.05) is 13.1 Å². The molecule has 3 heteroatoms. The molecule has 0 saturated carbocycles. The van der Waals surface area contributed by atoms with Crippen LogP contribution in [0.25, 0.3) is 10.9 Å². The second-order valence-corrected chi connectivity index (χ2v) is 5.09. The van der Waals surface area contributed by atoms with E-state index in [0.717, 1.165) is 24.0 Å². The number of nitrogens with zero attached hydrogens (tertiary/aromatic N) is 2. The molecule has 0 spiro atoms. The number of likely N-dealkylation sites (tertiary alicyclic amines) is 1. The summed E-state index contributed by atoms with van der Waals surface area (Å²) in [5.41, 5.74) is 2.40. The Kier molecular flexibility index (Phi) is 3.00. The van der Waals surface area contributed by atoms with Gasteiger partial charge in [-0.25, -0.2) is 0 Å². The van der Waals surface area contributed by atoms with Crippen LogP contribution >= 0.6 is 0 Å². The lowest BCUT2D eigenvalue weighted by Crippen LogP contribution is -2.18. The van der Waals surface area contributed by atoms with Gasteiger partial charge in [-0.15, -0.1) is 0 Å². The van der Waals surface area contributed by atoms with Crippen molar-refractivity contribution in [3.63, 3.8) is 0 Å². The second-order valence-electron chi connectivity index (χ2n) is 5.09. The van der Waals surface area contributed by atoms with Crippen molar-refractivity contribution < 1.29 is 5.11 Å². The number of hydrogen-bond donors (Lipinski definition) is 1. The molecule has 0 unspecified atom stereocenters. The Morgan fingerprint density at radius 1 is 1.22 bits per heavy atom. The zero-order valence-corrected chi connectivity index (χ0v) is 10.9. The van der Waals surface area contributed by atoms with Crippen LogP contribution in [0.5, 0.6) is 5.75 Å². The lowest BCUT2D eigenvalue weighted by atomic mass is 10.1. The van der Waals surface area contributed by atoms with E-state index < -0.39 is 0 Å². The predicted octanol–water partition coefficient (Wildman–Crippen LogP) is 2.96. The highest BCUT2D eigenvalue weighted by molar-refractivity contribution is 5.89. The molecule has 18 heavy (non-hydrogen) atoms. The number of phenolic OH excluding ortho intramolecular Hbond substituents is 1. The van der Waals surface area contributed by atoms with E-state index in [1.54, 1.807) is 6.07 Å². The molecule has 0 aliphatic carbocycles. The summed E-state index contributed by atoms with van der Waals surface area (Å²) in [5, 5.41) is 11.1. The minimum absolute atomic E-state index is 0.411. The van der Waals surface area contributed by atoms with E-state index in [4.69, 9.17) is 0 Å². The van der Waals surface area contributed by atoms with E-state index in [1.165, 1.54) is 31.5 Å². The van der Waals surface area contributed by atoms with E-state index in [2.05, 4.69) is 28.7 Å². The first-order valence-corrected chi connectivity index (χ1v) is 6.81. The lowest BCUT2D eigenvalue weighted by Gasteiger charge is -2.13. The van der Waals surface area contributed by atoms with Crippen LogP contribution in [-0.2, 0) is 13.1 Å². The van der Waals surface area contributed by atoms with E-state index in [0.29, 0.717) is 5.75 Å². The summed E-state index contributed by atoms with van der Waals surface area (Å²) in [6.45, 7) is 6.42. The first kappa shape index (κ1) is 11.6. The van der Waals surface area contributed by atoms with Gasteiger partial charge in [-0.2, -0.15) is 0 Å². The van der Waals surface area contributed by atoms with Crippen molar-refractivity contribution in [2.45, 2.75) is 32.9 Å². The molecule has 1 fully saturated rings. The Hall–Kier alpha value is -1.48. The van der Waals surface area contributed by atoms with Gasteiger partial charge in [-0.3, -0.25) is 4.90 Å². The molecule has 1 aromatic carbocycles. The fourth-order valence-corrected chi connectivity index (χ4v) is 2.98. The molecule has 0 bridgehead atoms. The third kappa shape index (κ3) is 1.89. The SMILES string of the molecule is CCn1cc(CN2CCCC2)c2c(O)cccc21. The summed E-state index contributed by atoms with van der Waals surface area (Å²) in [6, 6.07) is 5.80. The average molecular weight is 244 g/mol. The molecule has 3 rings (SSSR count). The molecule has 1 aliphatic rings. The first-order valence-electron chi connectivity index (χ1n) is 6.81. The Balaban J connectivity index is 2.04. The van der Waals surface area contributed by atoms with E-state index in [-0.39, 0.29) is 0 Å². The fourth-order valence-electron chi connectivity index (χ4n) is 2.98. The molecular formula is C15H20N2O. The van der Waals surface area contributed by atoms with Crippen molar-refractivity contribution in [3.05, 3.63) is 30.0 Å². The maximum atomic E-state index is 10.1. The van der Waals surface area contributed by atoms with Crippen LogP contribution in [0.2, 0.25) is 0 Å². The van der Waals surface area contributed by atoms with Crippen LogP contribution in [0.4, 0.5) is 0 Å². The number of fused-ring (bicyclic) bond motifs is 1. The van der Waals surface area contributed by atoms with Crippen LogP contribution in [-0.4, -0.2) is 27.7 Å². The zero-order valence-electron chi connectivity index (χ0n) is 10.9. The Morgan fingerprint density at radius 2 is 2.00 bits per heavy atom.